The molecule has 8 heterocycles. The molecule has 4 aliphatic heterocycles. The second kappa shape index (κ2) is 26.0. The fourth-order valence-corrected chi connectivity index (χ4v) is 16.5. The van der Waals surface area contributed by atoms with Gasteiger partial charge in [0.1, 0.15) is 21.5 Å². The summed E-state index contributed by atoms with van der Waals surface area (Å²) < 4.78 is 16.3. The smallest absolute Gasteiger partial charge is 0.252 e. The van der Waals surface area contributed by atoms with Crippen molar-refractivity contribution in [2.45, 2.75) is 52.4 Å². The van der Waals surface area contributed by atoms with Crippen LogP contribution in [0.25, 0.3) is 41.6 Å². The first-order valence-electron chi connectivity index (χ1n) is 34.0. The molecular weight excluding hydrogens is 1390 g/mol. The molecule has 488 valence electrons. The second-order valence-corrected chi connectivity index (χ2v) is 31.0. The van der Waals surface area contributed by atoms with Crippen molar-refractivity contribution in [2.75, 3.05) is 20.4 Å². The van der Waals surface area contributed by atoms with Crippen LogP contribution in [0.15, 0.2) is 285 Å². The van der Waals surface area contributed by atoms with Gasteiger partial charge in [0.2, 0.25) is 11.8 Å². The minimum absolute atomic E-state index is 0.0159. The van der Waals surface area contributed by atoms with Crippen LogP contribution in [0.5, 0.6) is 23.3 Å². The highest BCUT2D eigenvalue weighted by Gasteiger charge is 2.45. The average molecular weight is 1460 g/mol. The van der Waals surface area contributed by atoms with Crippen LogP contribution >= 0.6 is 45.3 Å². The minimum atomic E-state index is -0.0939. The van der Waals surface area contributed by atoms with Gasteiger partial charge < -0.3 is 29.9 Å². The van der Waals surface area contributed by atoms with Crippen molar-refractivity contribution >= 4 is 169 Å². The highest BCUT2D eigenvalue weighted by molar-refractivity contribution is 14.1. The van der Waals surface area contributed by atoms with Gasteiger partial charge in [-0.1, -0.05) is 145 Å². The van der Waals surface area contributed by atoms with Crippen molar-refractivity contribution in [2.24, 2.45) is 0 Å². The number of nitrogens with one attached hydrogen (secondary N) is 2. The number of rotatable bonds is 8. The number of thiazole rings is 2. The van der Waals surface area contributed by atoms with E-state index in [9.17, 15) is 0 Å². The van der Waals surface area contributed by atoms with Crippen LogP contribution in [-0.2, 0) is 10.8 Å². The molecule has 4 aromatic heterocycles. The van der Waals surface area contributed by atoms with Crippen molar-refractivity contribution < 1.29 is 9.47 Å². The first kappa shape index (κ1) is 63.6. The molecule has 0 aliphatic carbocycles. The topological polar surface area (TPSA) is 101 Å². The van der Waals surface area contributed by atoms with Gasteiger partial charge in [-0.15, -0.1) is 22.7 Å². The first-order valence-corrected chi connectivity index (χ1v) is 36.7. The summed E-state index contributed by atoms with van der Waals surface area (Å²) in [6.07, 6.45) is 3.51. The molecule has 4 aliphatic rings. The number of nitrogens with zero attached hydrogens (tertiary/aromatic N) is 6. The van der Waals surface area contributed by atoms with Gasteiger partial charge in [0.25, 0.3) is 13.4 Å². The molecule has 0 atom stereocenters. The van der Waals surface area contributed by atoms with E-state index in [1.807, 2.05) is 66.7 Å². The summed E-state index contributed by atoms with van der Waals surface area (Å²) in [6.45, 7) is 13.6. The Hall–Kier alpha value is -10.8. The Morgan fingerprint density at radius 3 is 1.29 bits per heavy atom. The van der Waals surface area contributed by atoms with Crippen LogP contribution in [-0.4, -0.2) is 33.4 Å². The molecule has 0 saturated heterocycles. The summed E-state index contributed by atoms with van der Waals surface area (Å²) in [4.78, 5) is 23.8. The van der Waals surface area contributed by atoms with E-state index in [0.717, 1.165) is 89.2 Å². The number of pyridine rings is 2. The maximum atomic E-state index is 6.44. The third-order valence-electron chi connectivity index (χ3n) is 19.0. The Kier molecular flexibility index (Phi) is 16.4. The molecule has 15 aromatic rings. The minimum Gasteiger partial charge on any atom is -0.439 e. The number of para-hydroxylation sites is 4. The predicted molar refractivity (Wildman–Crippen MR) is 433 cm³/mol. The maximum Gasteiger partial charge on any atom is 0.252 e. The molecule has 101 heavy (non-hydrogen) atoms. The van der Waals surface area contributed by atoms with Gasteiger partial charge in [-0.05, 0) is 235 Å². The van der Waals surface area contributed by atoms with Gasteiger partial charge in [0.05, 0.1) is 20.4 Å². The van der Waals surface area contributed by atoms with Crippen molar-refractivity contribution in [3.8, 4) is 44.4 Å². The molecule has 0 unspecified atom stereocenters. The van der Waals surface area contributed by atoms with Gasteiger partial charge in [-0.25, -0.2) is 19.9 Å². The zero-order valence-electron chi connectivity index (χ0n) is 56.5. The zero-order valence-corrected chi connectivity index (χ0v) is 60.3. The van der Waals surface area contributed by atoms with Crippen molar-refractivity contribution in [3.05, 3.63) is 300 Å². The fraction of sp³-hybridized carbons (Fsp3) is 0.0930. The van der Waals surface area contributed by atoms with E-state index >= 15 is 0 Å². The molecule has 0 spiro atoms. The summed E-state index contributed by atoms with van der Waals surface area (Å²) in [5.74, 6) is 2.66. The summed E-state index contributed by atoms with van der Waals surface area (Å²) in [5.41, 5.74) is 25.5. The number of benzene rings is 11. The standard InChI is InChI=1S/C46H35BN4OS.C34H27BN4OS.C6H5I/c1-46(2,3)31-27-40-44-41(28-31)51(33-16-8-5-9-17-33)39-24-22-34(52-43-20-12-13-25-48-43)29-36(39)47(44)35-26-30(45-49-37-18-10-11-19-42(37)53-45)21-23-38(35)50(40)32-14-6-4-7-15-32;1-34(2,3)21-17-28-32-29(18-21)38-26-14-12-22(40-31-10-6-7-15-36-31)19-24(26)35(32)23-16-20(11-13-25(23)37-28)33-39-27-8-4-5-9-30(27)41-33;7-6-4-2-1-3-5-6/h4-29H,1-3H3;4-19,37-38H,1-3H3;1-5H. The molecule has 2 N–H and O–H groups in total. The Bertz CT molecular complexity index is 5540. The number of fused-ring (bicyclic) bond motifs is 10. The number of hydrogen-bond acceptors (Lipinski definition) is 12. The molecule has 0 bridgehead atoms. The SMILES string of the molecule is CC(C)(C)c1cc2c3c(c1)N(c1ccccc1)c1ccc(-c4nc5ccccc5s4)cc1B3c1cc(Oc3ccccn3)ccc1N2c1ccccc1.CC(C)(C)c1cc2c3c(c1)Nc1ccc(-c4nc5ccccc5s4)cc1B3c1cc(Oc3ccccn3)ccc1N2.Ic1ccccc1. The molecule has 0 radical (unpaired) electrons. The molecule has 0 amide bonds. The average Bonchev–Trinajstić information content (AvgIpc) is 0.998. The van der Waals surface area contributed by atoms with E-state index in [0.29, 0.717) is 11.8 Å². The highest BCUT2D eigenvalue weighted by atomic mass is 127. The molecule has 15 heteroatoms. The number of anilines is 10. The number of aromatic nitrogens is 4. The van der Waals surface area contributed by atoms with E-state index in [4.69, 9.17) is 19.4 Å². The fourth-order valence-electron chi connectivity index (χ4n) is 14.2. The highest BCUT2D eigenvalue weighted by Crippen LogP contribution is 2.48. The lowest BCUT2D eigenvalue weighted by Crippen LogP contribution is -2.61. The molecule has 11 aromatic carbocycles. The third kappa shape index (κ3) is 12.2. The van der Waals surface area contributed by atoms with Crippen LogP contribution in [0.3, 0.4) is 0 Å². The lowest BCUT2D eigenvalue weighted by molar-refractivity contribution is 0.463. The first-order chi connectivity index (χ1) is 49.2. The van der Waals surface area contributed by atoms with E-state index < -0.39 is 0 Å². The van der Waals surface area contributed by atoms with E-state index in [1.165, 1.54) is 68.2 Å². The van der Waals surface area contributed by atoms with Crippen LogP contribution < -0.4 is 62.7 Å². The third-order valence-corrected chi connectivity index (χ3v) is 21.9. The summed E-state index contributed by atoms with van der Waals surface area (Å²) in [5, 5.41) is 9.59. The zero-order chi connectivity index (χ0) is 68.5. The normalized spacial score (nSPS) is 12.8. The summed E-state index contributed by atoms with van der Waals surface area (Å²) >= 11 is 5.76. The number of halogens is 1. The molecular formula is C86H67B2IN8O2S2. The molecule has 19 rings (SSSR count). The summed E-state index contributed by atoms with van der Waals surface area (Å²) in [6, 6.07) is 95.8. The van der Waals surface area contributed by atoms with Crippen molar-refractivity contribution in [1.29, 1.82) is 0 Å². The lowest BCUT2D eigenvalue weighted by atomic mass is 9.33. The Labute approximate surface area is 610 Å². The molecule has 0 saturated carbocycles. The van der Waals surface area contributed by atoms with Gasteiger partial charge in [-0.2, -0.15) is 0 Å². The van der Waals surface area contributed by atoms with Crippen molar-refractivity contribution in [3.63, 3.8) is 0 Å². The lowest BCUT2D eigenvalue weighted by Gasteiger charge is -2.45. The monoisotopic (exact) mass is 1460 g/mol. The van der Waals surface area contributed by atoms with Gasteiger partial charge in [-0.3, -0.25) is 0 Å². The Morgan fingerprint density at radius 1 is 0.376 bits per heavy atom. The largest absolute Gasteiger partial charge is 0.439 e. The molecule has 10 nitrogen and oxygen atoms in total. The van der Waals surface area contributed by atoms with Crippen LogP contribution in [0, 0.1) is 3.57 Å². The number of hydrogen-bond donors (Lipinski definition) is 2. The van der Waals surface area contributed by atoms with Crippen molar-refractivity contribution in [1.82, 2.24) is 19.9 Å². The van der Waals surface area contributed by atoms with E-state index in [1.54, 1.807) is 35.1 Å². The van der Waals surface area contributed by atoms with Crippen LogP contribution in [0.1, 0.15) is 52.7 Å². The Morgan fingerprint density at radius 2 is 0.792 bits per heavy atom. The number of ether oxygens (including phenoxy) is 2. The van der Waals surface area contributed by atoms with Crippen LogP contribution in [0.4, 0.5) is 56.9 Å². The Balaban J connectivity index is 0.000000141. The van der Waals surface area contributed by atoms with Gasteiger partial charge in [0.15, 0.2) is 0 Å². The maximum absolute atomic E-state index is 6.44. The van der Waals surface area contributed by atoms with E-state index in [-0.39, 0.29) is 24.3 Å². The second-order valence-electron chi connectivity index (χ2n) is 27.7. The van der Waals surface area contributed by atoms with E-state index in [2.05, 4.69) is 301 Å². The summed E-state index contributed by atoms with van der Waals surface area (Å²) in [7, 11) is 0. The molecule has 0 fully saturated rings. The quantitative estimate of drug-likeness (QED) is 0.113. The van der Waals surface area contributed by atoms with Crippen LogP contribution in [0.2, 0.25) is 0 Å². The predicted octanol–water partition coefficient (Wildman–Crippen LogP) is 19.9. The van der Waals surface area contributed by atoms with Gasteiger partial charge in [0, 0.05) is 96.1 Å². The van der Waals surface area contributed by atoms with Gasteiger partial charge >= 0.3 is 0 Å².